The number of methoxy groups -OCH3 is 1. The van der Waals surface area contributed by atoms with Gasteiger partial charge in [0, 0.05) is 19.2 Å². The maximum absolute atomic E-state index is 13.0. The number of ether oxygens (including phenoxy) is 2. The van der Waals surface area contributed by atoms with Crippen LogP contribution in [0.2, 0.25) is 0 Å². The van der Waals surface area contributed by atoms with Gasteiger partial charge in [-0.1, -0.05) is 6.07 Å². The van der Waals surface area contributed by atoms with E-state index in [1.165, 1.54) is 19.2 Å². The summed E-state index contributed by atoms with van der Waals surface area (Å²) in [6.45, 7) is 1.32. The summed E-state index contributed by atoms with van der Waals surface area (Å²) in [5, 5.41) is 0. The SMILES string of the molecule is COC(=O)C1CCN(C(=O)CCOc2cccc(F)c2)CC1. The van der Waals surface area contributed by atoms with Crippen molar-refractivity contribution in [2.75, 3.05) is 26.8 Å². The molecule has 0 atom stereocenters. The van der Waals surface area contributed by atoms with Crippen molar-refractivity contribution in [2.45, 2.75) is 19.3 Å². The lowest BCUT2D eigenvalue weighted by atomic mass is 9.97. The molecule has 0 unspecified atom stereocenters. The Morgan fingerprint density at radius 1 is 1.32 bits per heavy atom. The highest BCUT2D eigenvalue weighted by molar-refractivity contribution is 5.77. The Morgan fingerprint density at radius 3 is 2.68 bits per heavy atom. The molecular formula is C16H20FNO4. The third-order valence-electron chi connectivity index (χ3n) is 3.76. The smallest absolute Gasteiger partial charge is 0.308 e. The summed E-state index contributed by atoms with van der Waals surface area (Å²) in [6.07, 6.45) is 1.49. The lowest BCUT2D eigenvalue weighted by Crippen LogP contribution is -2.40. The van der Waals surface area contributed by atoms with Crippen molar-refractivity contribution < 1.29 is 23.5 Å². The second-order valence-electron chi connectivity index (χ2n) is 5.23. The van der Waals surface area contributed by atoms with Gasteiger partial charge < -0.3 is 14.4 Å². The van der Waals surface area contributed by atoms with Crippen LogP contribution < -0.4 is 4.74 Å². The molecule has 2 rings (SSSR count). The first-order chi connectivity index (χ1) is 10.6. The van der Waals surface area contributed by atoms with Crippen LogP contribution in [0, 0.1) is 11.7 Å². The molecule has 120 valence electrons. The number of carbonyl (C=O) groups excluding carboxylic acids is 2. The molecule has 5 nitrogen and oxygen atoms in total. The van der Waals surface area contributed by atoms with Crippen LogP contribution >= 0.6 is 0 Å². The van der Waals surface area contributed by atoms with Crippen molar-refractivity contribution in [1.29, 1.82) is 0 Å². The van der Waals surface area contributed by atoms with E-state index in [-0.39, 0.29) is 36.6 Å². The molecule has 0 aliphatic carbocycles. The molecule has 0 saturated carbocycles. The van der Waals surface area contributed by atoms with Crippen LogP contribution in [-0.2, 0) is 14.3 Å². The molecule has 1 saturated heterocycles. The second kappa shape index (κ2) is 7.77. The molecular weight excluding hydrogens is 289 g/mol. The van der Waals surface area contributed by atoms with E-state index < -0.39 is 0 Å². The van der Waals surface area contributed by atoms with Crippen LogP contribution in [0.3, 0.4) is 0 Å². The van der Waals surface area contributed by atoms with E-state index in [1.807, 2.05) is 0 Å². The van der Waals surface area contributed by atoms with Gasteiger partial charge in [0.2, 0.25) is 5.91 Å². The van der Waals surface area contributed by atoms with Crippen molar-refractivity contribution in [3.8, 4) is 5.75 Å². The minimum absolute atomic E-state index is 0.0141. The summed E-state index contributed by atoms with van der Waals surface area (Å²) in [5.41, 5.74) is 0. The highest BCUT2D eigenvalue weighted by Crippen LogP contribution is 2.19. The molecule has 0 spiro atoms. The normalized spacial score (nSPS) is 15.5. The number of benzene rings is 1. The maximum Gasteiger partial charge on any atom is 0.308 e. The number of carbonyl (C=O) groups is 2. The third kappa shape index (κ3) is 4.44. The average molecular weight is 309 g/mol. The minimum Gasteiger partial charge on any atom is -0.493 e. The Hall–Kier alpha value is -2.11. The van der Waals surface area contributed by atoms with Gasteiger partial charge in [0.25, 0.3) is 0 Å². The fraction of sp³-hybridized carbons (Fsp3) is 0.500. The zero-order valence-electron chi connectivity index (χ0n) is 12.6. The van der Waals surface area contributed by atoms with E-state index >= 15 is 0 Å². The van der Waals surface area contributed by atoms with Gasteiger partial charge >= 0.3 is 5.97 Å². The summed E-state index contributed by atoms with van der Waals surface area (Å²) in [4.78, 5) is 25.2. The van der Waals surface area contributed by atoms with E-state index in [0.717, 1.165) is 0 Å². The first-order valence-electron chi connectivity index (χ1n) is 7.34. The fourth-order valence-corrected chi connectivity index (χ4v) is 2.50. The molecule has 1 aliphatic rings. The van der Waals surface area contributed by atoms with E-state index in [0.29, 0.717) is 31.7 Å². The van der Waals surface area contributed by atoms with Gasteiger partial charge in [-0.2, -0.15) is 0 Å². The monoisotopic (exact) mass is 309 g/mol. The van der Waals surface area contributed by atoms with Crippen molar-refractivity contribution in [2.24, 2.45) is 5.92 Å². The number of esters is 1. The van der Waals surface area contributed by atoms with Gasteiger partial charge in [-0.15, -0.1) is 0 Å². The molecule has 1 aromatic carbocycles. The van der Waals surface area contributed by atoms with Gasteiger partial charge in [-0.25, -0.2) is 4.39 Å². The van der Waals surface area contributed by atoms with Crippen LogP contribution in [0.15, 0.2) is 24.3 Å². The van der Waals surface area contributed by atoms with Crippen molar-refractivity contribution in [3.05, 3.63) is 30.1 Å². The van der Waals surface area contributed by atoms with Gasteiger partial charge in [-0.05, 0) is 25.0 Å². The van der Waals surface area contributed by atoms with Crippen LogP contribution in [0.5, 0.6) is 5.75 Å². The Bertz CT molecular complexity index is 527. The van der Waals surface area contributed by atoms with Crippen LogP contribution in [0.1, 0.15) is 19.3 Å². The largest absolute Gasteiger partial charge is 0.493 e. The number of rotatable bonds is 5. The predicted octanol–water partition coefficient (Wildman–Crippen LogP) is 2.01. The number of nitrogens with zero attached hydrogens (tertiary/aromatic N) is 1. The minimum atomic E-state index is -0.367. The number of piperidine rings is 1. The third-order valence-corrected chi connectivity index (χ3v) is 3.76. The molecule has 1 amide bonds. The van der Waals surface area contributed by atoms with Gasteiger partial charge in [0.05, 0.1) is 26.1 Å². The summed E-state index contributed by atoms with van der Waals surface area (Å²) < 4.78 is 23.1. The van der Waals surface area contributed by atoms with Gasteiger partial charge in [-0.3, -0.25) is 9.59 Å². The summed E-state index contributed by atoms with van der Waals surface area (Å²) in [7, 11) is 1.38. The molecule has 0 bridgehead atoms. The van der Waals surface area contributed by atoms with Gasteiger partial charge in [0.1, 0.15) is 11.6 Å². The summed E-state index contributed by atoms with van der Waals surface area (Å²) in [5.74, 6) is -0.287. The Balaban J connectivity index is 1.71. The molecule has 22 heavy (non-hydrogen) atoms. The summed E-state index contributed by atoms with van der Waals surface area (Å²) in [6, 6.07) is 5.83. The lowest BCUT2D eigenvalue weighted by molar-refractivity contribution is -0.149. The molecule has 1 aromatic rings. The van der Waals surface area contributed by atoms with E-state index in [9.17, 15) is 14.0 Å². The Morgan fingerprint density at radius 2 is 2.05 bits per heavy atom. The number of likely N-dealkylation sites (tertiary alicyclic amines) is 1. The number of amides is 1. The van der Waals surface area contributed by atoms with Crippen molar-refractivity contribution in [3.63, 3.8) is 0 Å². The first kappa shape index (κ1) is 16.3. The van der Waals surface area contributed by atoms with Crippen LogP contribution in [0.4, 0.5) is 4.39 Å². The standard InChI is InChI=1S/C16H20FNO4/c1-21-16(20)12-5-8-18(9-6-12)15(19)7-10-22-14-4-2-3-13(17)11-14/h2-4,11-12H,5-10H2,1H3. The molecule has 1 aliphatic heterocycles. The molecule has 6 heteroatoms. The molecule has 1 fully saturated rings. The van der Waals surface area contributed by atoms with Crippen molar-refractivity contribution >= 4 is 11.9 Å². The average Bonchev–Trinajstić information content (AvgIpc) is 2.54. The van der Waals surface area contributed by atoms with E-state index in [2.05, 4.69) is 0 Å². The van der Waals surface area contributed by atoms with Crippen LogP contribution in [-0.4, -0.2) is 43.6 Å². The molecule has 1 heterocycles. The highest BCUT2D eigenvalue weighted by atomic mass is 19.1. The first-order valence-corrected chi connectivity index (χ1v) is 7.34. The highest BCUT2D eigenvalue weighted by Gasteiger charge is 2.27. The Kier molecular flexibility index (Phi) is 5.75. The zero-order chi connectivity index (χ0) is 15.9. The maximum atomic E-state index is 13.0. The van der Waals surface area contributed by atoms with E-state index in [4.69, 9.17) is 9.47 Å². The number of halogens is 1. The number of hydrogen-bond donors (Lipinski definition) is 0. The summed E-state index contributed by atoms with van der Waals surface area (Å²) >= 11 is 0. The predicted molar refractivity (Wildman–Crippen MR) is 77.8 cm³/mol. The molecule has 0 radical (unpaired) electrons. The Labute approximate surface area is 129 Å². The molecule has 0 N–H and O–H groups in total. The lowest BCUT2D eigenvalue weighted by Gasteiger charge is -2.30. The fourth-order valence-electron chi connectivity index (χ4n) is 2.50. The quantitative estimate of drug-likeness (QED) is 0.781. The van der Waals surface area contributed by atoms with Crippen molar-refractivity contribution in [1.82, 2.24) is 4.90 Å². The van der Waals surface area contributed by atoms with Gasteiger partial charge in [0.15, 0.2) is 0 Å². The number of hydrogen-bond acceptors (Lipinski definition) is 4. The van der Waals surface area contributed by atoms with E-state index in [1.54, 1.807) is 17.0 Å². The topological polar surface area (TPSA) is 55.8 Å². The van der Waals surface area contributed by atoms with Crippen LogP contribution in [0.25, 0.3) is 0 Å². The molecule has 0 aromatic heterocycles. The second-order valence-corrected chi connectivity index (χ2v) is 5.23. The zero-order valence-corrected chi connectivity index (χ0v) is 12.6.